The molecule has 2 N–H and O–H groups in total. The number of aromatic nitrogens is 2. The molecule has 0 spiro atoms. The number of nitrogens with zero attached hydrogens (tertiary/aromatic N) is 3. The van der Waals surface area contributed by atoms with Gasteiger partial charge in [0.2, 0.25) is 0 Å². The fourth-order valence-electron chi connectivity index (χ4n) is 3.72. The summed E-state index contributed by atoms with van der Waals surface area (Å²) < 4.78 is 13.7. The van der Waals surface area contributed by atoms with Gasteiger partial charge in [0.05, 0.1) is 19.5 Å². The van der Waals surface area contributed by atoms with Crippen LogP contribution in [0.4, 0.5) is 0 Å². The molecule has 8 heteroatoms. The van der Waals surface area contributed by atoms with Crippen LogP contribution in [0.3, 0.4) is 0 Å². The van der Waals surface area contributed by atoms with Crippen LogP contribution < -0.4 is 15.4 Å². The van der Waals surface area contributed by atoms with Gasteiger partial charge in [0.25, 0.3) is 0 Å². The van der Waals surface area contributed by atoms with E-state index in [1.165, 1.54) is 16.7 Å². The van der Waals surface area contributed by atoms with E-state index < -0.39 is 0 Å². The standard InChI is InChI=1S/C25H31N5O2.HI/c1-19-6-7-22(24(12-19)32-23-8-11-31-17-23)15-29-25(26-2)28-14-20-4-3-5-21(13-20)16-30-10-9-27-18-30;/h3-7,9-10,12-13,18,23H,8,11,14-17H2,1-2H3,(H2,26,28,29);1H. The van der Waals surface area contributed by atoms with E-state index >= 15 is 0 Å². The maximum absolute atomic E-state index is 6.21. The van der Waals surface area contributed by atoms with Crippen LogP contribution in [0.15, 0.2) is 66.2 Å². The van der Waals surface area contributed by atoms with E-state index in [-0.39, 0.29) is 30.1 Å². The van der Waals surface area contributed by atoms with Gasteiger partial charge < -0.3 is 24.7 Å². The number of benzene rings is 2. The summed E-state index contributed by atoms with van der Waals surface area (Å²) in [6.07, 6.45) is 6.67. The number of aryl methyl sites for hydroxylation is 1. The third-order valence-corrected chi connectivity index (χ3v) is 5.45. The van der Waals surface area contributed by atoms with E-state index in [4.69, 9.17) is 9.47 Å². The molecule has 1 unspecified atom stereocenters. The molecule has 1 aliphatic rings. The predicted octanol–water partition coefficient (Wildman–Crippen LogP) is 3.89. The molecule has 0 radical (unpaired) electrons. The van der Waals surface area contributed by atoms with Gasteiger partial charge in [-0.25, -0.2) is 4.98 Å². The van der Waals surface area contributed by atoms with Crippen LogP contribution in [-0.2, 0) is 24.4 Å². The van der Waals surface area contributed by atoms with Gasteiger partial charge in [0, 0.05) is 51.1 Å². The van der Waals surface area contributed by atoms with Crippen LogP contribution in [0.25, 0.3) is 0 Å². The summed E-state index contributed by atoms with van der Waals surface area (Å²) in [5.74, 6) is 1.66. The number of nitrogens with one attached hydrogen (secondary N) is 2. The lowest BCUT2D eigenvalue weighted by molar-refractivity contribution is 0.140. The van der Waals surface area contributed by atoms with Crippen molar-refractivity contribution in [2.75, 3.05) is 20.3 Å². The fourth-order valence-corrected chi connectivity index (χ4v) is 3.72. The summed E-state index contributed by atoms with van der Waals surface area (Å²) in [5.41, 5.74) is 4.72. The van der Waals surface area contributed by atoms with E-state index in [0.29, 0.717) is 19.7 Å². The molecule has 0 amide bonds. The smallest absolute Gasteiger partial charge is 0.191 e. The summed E-state index contributed by atoms with van der Waals surface area (Å²) in [4.78, 5) is 8.48. The Morgan fingerprint density at radius 2 is 2.03 bits per heavy atom. The molecule has 1 fully saturated rings. The number of halogens is 1. The molecule has 0 saturated carbocycles. The monoisotopic (exact) mass is 561 g/mol. The second kappa shape index (κ2) is 12.6. The minimum absolute atomic E-state index is 0. The maximum atomic E-state index is 6.21. The van der Waals surface area contributed by atoms with Crippen LogP contribution in [-0.4, -0.2) is 41.9 Å². The Kier molecular flexibility index (Phi) is 9.56. The number of rotatable bonds is 8. The third-order valence-electron chi connectivity index (χ3n) is 5.45. The molecule has 0 bridgehead atoms. The van der Waals surface area contributed by atoms with Gasteiger partial charge in [0.1, 0.15) is 11.9 Å². The van der Waals surface area contributed by atoms with E-state index in [0.717, 1.165) is 36.8 Å². The first-order valence-electron chi connectivity index (χ1n) is 11.0. The summed E-state index contributed by atoms with van der Waals surface area (Å²) in [7, 11) is 1.78. The van der Waals surface area contributed by atoms with Crippen molar-refractivity contribution in [3.05, 3.63) is 83.4 Å². The number of aliphatic imine (C=N–C) groups is 1. The van der Waals surface area contributed by atoms with E-state index in [1.807, 2.05) is 12.5 Å². The Hall–Kier alpha value is -2.59. The van der Waals surface area contributed by atoms with Gasteiger partial charge in [-0.2, -0.15) is 0 Å². The summed E-state index contributed by atoms with van der Waals surface area (Å²) in [5, 5.41) is 6.81. The molecule has 4 rings (SSSR count). The average molecular weight is 561 g/mol. The predicted molar refractivity (Wildman–Crippen MR) is 141 cm³/mol. The van der Waals surface area contributed by atoms with Crippen molar-refractivity contribution in [3.63, 3.8) is 0 Å². The molecule has 1 atom stereocenters. The van der Waals surface area contributed by atoms with E-state index in [1.54, 1.807) is 13.2 Å². The highest BCUT2D eigenvalue weighted by Crippen LogP contribution is 2.23. The van der Waals surface area contributed by atoms with Crippen LogP contribution in [0.1, 0.15) is 28.7 Å². The molecule has 1 saturated heterocycles. The van der Waals surface area contributed by atoms with Crippen molar-refractivity contribution in [3.8, 4) is 5.75 Å². The Balaban J connectivity index is 0.00000306. The fraction of sp³-hybridized carbons (Fsp3) is 0.360. The lowest BCUT2D eigenvalue weighted by atomic mass is 10.1. The molecule has 7 nitrogen and oxygen atoms in total. The zero-order valence-corrected chi connectivity index (χ0v) is 21.5. The second-order valence-corrected chi connectivity index (χ2v) is 8.05. The average Bonchev–Trinajstić information content (AvgIpc) is 3.50. The number of guanidine groups is 1. The van der Waals surface area contributed by atoms with Gasteiger partial charge >= 0.3 is 0 Å². The Bertz CT molecular complexity index is 1030. The topological polar surface area (TPSA) is 72.7 Å². The lowest BCUT2D eigenvalue weighted by Crippen LogP contribution is -2.36. The van der Waals surface area contributed by atoms with E-state index in [9.17, 15) is 0 Å². The Morgan fingerprint density at radius 1 is 1.18 bits per heavy atom. The first kappa shape index (κ1) is 25.0. The first-order valence-corrected chi connectivity index (χ1v) is 11.0. The first-order chi connectivity index (χ1) is 15.7. The number of ether oxygens (including phenoxy) is 2. The van der Waals surface area contributed by atoms with Crippen LogP contribution in [0, 0.1) is 6.92 Å². The molecule has 3 aromatic rings. The van der Waals surface area contributed by atoms with Gasteiger partial charge in [-0.3, -0.25) is 4.99 Å². The van der Waals surface area contributed by atoms with E-state index in [2.05, 4.69) is 74.6 Å². The molecular formula is C25H32IN5O2. The zero-order valence-electron chi connectivity index (χ0n) is 19.2. The highest BCUT2D eigenvalue weighted by molar-refractivity contribution is 14.0. The van der Waals surface area contributed by atoms with Gasteiger partial charge in [-0.1, -0.05) is 36.4 Å². The molecule has 176 valence electrons. The van der Waals surface area contributed by atoms with Crippen molar-refractivity contribution in [1.29, 1.82) is 0 Å². The molecule has 0 aliphatic carbocycles. The summed E-state index contributed by atoms with van der Waals surface area (Å²) >= 11 is 0. The minimum atomic E-state index is 0. The van der Waals surface area contributed by atoms with Gasteiger partial charge in [-0.15, -0.1) is 24.0 Å². The van der Waals surface area contributed by atoms with Crippen molar-refractivity contribution in [2.45, 2.75) is 39.1 Å². The largest absolute Gasteiger partial charge is 0.488 e. The highest BCUT2D eigenvalue weighted by Gasteiger charge is 2.18. The normalized spacial score (nSPS) is 15.7. The van der Waals surface area contributed by atoms with Crippen LogP contribution in [0.5, 0.6) is 5.75 Å². The molecule has 1 aromatic heterocycles. The van der Waals surface area contributed by atoms with Crippen molar-refractivity contribution in [2.24, 2.45) is 4.99 Å². The van der Waals surface area contributed by atoms with Crippen molar-refractivity contribution in [1.82, 2.24) is 20.2 Å². The highest BCUT2D eigenvalue weighted by atomic mass is 127. The summed E-state index contributed by atoms with van der Waals surface area (Å²) in [6, 6.07) is 14.9. The third kappa shape index (κ3) is 7.46. The second-order valence-electron chi connectivity index (χ2n) is 8.05. The molecular weight excluding hydrogens is 529 g/mol. The number of hydrogen-bond acceptors (Lipinski definition) is 4. The Labute approximate surface area is 212 Å². The molecule has 2 aromatic carbocycles. The maximum Gasteiger partial charge on any atom is 0.191 e. The number of hydrogen-bond donors (Lipinski definition) is 2. The Morgan fingerprint density at radius 3 is 2.79 bits per heavy atom. The number of imidazole rings is 1. The van der Waals surface area contributed by atoms with Gasteiger partial charge in [-0.05, 0) is 29.7 Å². The SMILES string of the molecule is CN=C(NCc1cccc(Cn2ccnc2)c1)NCc1ccc(C)cc1OC1CCOC1.I. The lowest BCUT2D eigenvalue weighted by Gasteiger charge is -2.18. The van der Waals surface area contributed by atoms with Crippen LogP contribution >= 0.6 is 24.0 Å². The molecule has 2 heterocycles. The quantitative estimate of drug-likeness (QED) is 0.248. The van der Waals surface area contributed by atoms with Crippen LogP contribution in [0.2, 0.25) is 0 Å². The molecule has 33 heavy (non-hydrogen) atoms. The zero-order chi connectivity index (χ0) is 22.2. The molecule has 1 aliphatic heterocycles. The summed E-state index contributed by atoms with van der Waals surface area (Å²) in [6.45, 7) is 5.63. The van der Waals surface area contributed by atoms with Crippen molar-refractivity contribution >= 4 is 29.9 Å². The van der Waals surface area contributed by atoms with Gasteiger partial charge in [0.15, 0.2) is 5.96 Å². The van der Waals surface area contributed by atoms with Crippen molar-refractivity contribution < 1.29 is 9.47 Å². The minimum Gasteiger partial charge on any atom is -0.488 e.